The number of aromatic amines is 1. The van der Waals surface area contributed by atoms with Crippen LogP contribution in [0.15, 0.2) is 82.7 Å². The van der Waals surface area contributed by atoms with Gasteiger partial charge in [0.1, 0.15) is 28.9 Å². The average molecular weight is 565 g/mol. The van der Waals surface area contributed by atoms with Gasteiger partial charge in [-0.05, 0) is 48.9 Å². The van der Waals surface area contributed by atoms with Crippen molar-refractivity contribution in [1.82, 2.24) is 4.98 Å². The Hall–Kier alpha value is -3.76. The first-order valence-corrected chi connectivity index (χ1v) is 15.2. The second-order valence-corrected chi connectivity index (χ2v) is 12.4. The Kier molecular flexibility index (Phi) is 7.94. The molecular weight excluding hydrogens is 536 g/mol. The summed E-state index contributed by atoms with van der Waals surface area (Å²) in [6.45, 7) is 3.08. The molecule has 1 aromatic heterocycles. The molecule has 1 atom stereocenters. The highest BCUT2D eigenvalue weighted by Gasteiger charge is 2.25. The molecule has 202 valence electrons. The van der Waals surface area contributed by atoms with Crippen LogP contribution in [0.3, 0.4) is 0 Å². The number of nitrogens with zero attached hydrogens (tertiary/aromatic N) is 1. The molecule has 0 amide bonds. The minimum Gasteiger partial charge on any atom is -0.487 e. The number of nitrogens with one attached hydrogen (secondary N) is 1. The third-order valence-corrected chi connectivity index (χ3v) is 8.39. The topological polar surface area (TPSA) is 107 Å². The molecule has 3 aromatic carbocycles. The maximum atomic E-state index is 11.9. The monoisotopic (exact) mass is 564 g/mol. The second-order valence-electron chi connectivity index (χ2n) is 9.08. The normalized spacial score (nSPS) is 15.2. The van der Waals surface area contributed by atoms with E-state index in [1.165, 1.54) is 18.4 Å². The predicted octanol–water partition coefficient (Wildman–Crippen LogP) is 5.76. The summed E-state index contributed by atoms with van der Waals surface area (Å²) in [7, 11) is -3.30. The van der Waals surface area contributed by atoms with E-state index in [9.17, 15) is 13.2 Å². The number of hydrogen-bond acceptors (Lipinski definition) is 8. The maximum absolute atomic E-state index is 11.9. The first-order valence-electron chi connectivity index (χ1n) is 12.5. The van der Waals surface area contributed by atoms with E-state index in [1.807, 2.05) is 48.5 Å². The van der Waals surface area contributed by atoms with Crippen molar-refractivity contribution in [3.8, 4) is 17.2 Å². The molecule has 5 rings (SSSR count). The SMILES string of the molecule is CCOC(=O)CC1CN=C(c2cc3cc(Oc4ccc(S(C)(=O)=O)cc4)cc(OCc4ccccc4)c3[nH]2)S1. The third-order valence-electron chi connectivity index (χ3n) is 6.04. The van der Waals surface area contributed by atoms with E-state index in [0.29, 0.717) is 43.4 Å². The van der Waals surface area contributed by atoms with Gasteiger partial charge < -0.3 is 19.2 Å². The molecule has 0 aliphatic carbocycles. The van der Waals surface area contributed by atoms with Gasteiger partial charge >= 0.3 is 5.97 Å². The molecule has 0 saturated carbocycles. The van der Waals surface area contributed by atoms with Crippen molar-refractivity contribution in [2.45, 2.75) is 30.1 Å². The molecule has 8 nitrogen and oxygen atoms in total. The maximum Gasteiger partial charge on any atom is 0.306 e. The van der Waals surface area contributed by atoms with Gasteiger partial charge in [-0.2, -0.15) is 0 Å². The Morgan fingerprint density at radius 1 is 1.05 bits per heavy atom. The molecule has 0 saturated heterocycles. The zero-order chi connectivity index (χ0) is 27.4. The summed E-state index contributed by atoms with van der Waals surface area (Å²) in [4.78, 5) is 20.2. The minimum atomic E-state index is -3.30. The third kappa shape index (κ3) is 6.63. The van der Waals surface area contributed by atoms with Crippen molar-refractivity contribution in [2.75, 3.05) is 19.4 Å². The second kappa shape index (κ2) is 11.5. The highest BCUT2D eigenvalue weighted by molar-refractivity contribution is 8.15. The van der Waals surface area contributed by atoms with Crippen molar-refractivity contribution < 1.29 is 27.4 Å². The van der Waals surface area contributed by atoms with Crippen molar-refractivity contribution in [2.24, 2.45) is 4.99 Å². The van der Waals surface area contributed by atoms with Crippen molar-refractivity contribution in [1.29, 1.82) is 0 Å². The molecule has 1 aliphatic rings. The van der Waals surface area contributed by atoms with Gasteiger partial charge in [0.2, 0.25) is 0 Å². The van der Waals surface area contributed by atoms with Crippen LogP contribution in [-0.4, -0.2) is 49.1 Å². The van der Waals surface area contributed by atoms with Crippen LogP contribution in [0.1, 0.15) is 24.6 Å². The molecule has 4 aromatic rings. The van der Waals surface area contributed by atoms with Crippen molar-refractivity contribution in [3.63, 3.8) is 0 Å². The van der Waals surface area contributed by atoms with Gasteiger partial charge in [-0.25, -0.2) is 8.42 Å². The largest absolute Gasteiger partial charge is 0.487 e. The van der Waals surface area contributed by atoms with Crippen LogP contribution in [0.2, 0.25) is 0 Å². The smallest absolute Gasteiger partial charge is 0.306 e. The molecule has 1 aliphatic heterocycles. The fourth-order valence-corrected chi connectivity index (χ4v) is 5.88. The number of aromatic nitrogens is 1. The van der Waals surface area contributed by atoms with Gasteiger partial charge in [0.25, 0.3) is 0 Å². The number of rotatable bonds is 10. The summed E-state index contributed by atoms with van der Waals surface area (Å²) in [6, 6.07) is 21.9. The standard InChI is InChI=1S/C29H28N2O6S2/c1-3-35-27(32)16-23-17-30-29(38-23)25-14-20-13-22(37-21-9-11-24(12-10-21)39(2,33)34)15-26(28(20)31-25)36-18-19-7-5-4-6-8-19/h4-15,23,31H,3,16-18H2,1-2H3. The van der Waals surface area contributed by atoms with Gasteiger partial charge in [-0.3, -0.25) is 9.79 Å². The summed E-state index contributed by atoms with van der Waals surface area (Å²) in [5.41, 5.74) is 2.66. The molecule has 39 heavy (non-hydrogen) atoms. The van der Waals surface area contributed by atoms with Gasteiger partial charge in [0, 0.05) is 23.0 Å². The quantitative estimate of drug-likeness (QED) is 0.244. The summed E-state index contributed by atoms with van der Waals surface area (Å²) in [5.74, 6) is 1.44. The molecule has 2 heterocycles. The van der Waals surface area contributed by atoms with E-state index < -0.39 is 9.84 Å². The number of benzene rings is 3. The number of thioether (sulfide) groups is 1. The predicted molar refractivity (Wildman–Crippen MR) is 153 cm³/mol. The van der Waals surface area contributed by atoms with E-state index in [2.05, 4.69) is 9.98 Å². The summed E-state index contributed by atoms with van der Waals surface area (Å²) < 4.78 is 41.0. The lowest BCUT2D eigenvalue weighted by molar-refractivity contribution is -0.143. The highest BCUT2D eigenvalue weighted by Crippen LogP contribution is 2.36. The molecule has 0 bridgehead atoms. The Balaban J connectivity index is 1.42. The molecule has 0 fully saturated rings. The average Bonchev–Trinajstić information content (AvgIpc) is 3.55. The lowest BCUT2D eigenvalue weighted by Gasteiger charge is -2.11. The summed E-state index contributed by atoms with van der Waals surface area (Å²) in [5, 5.41) is 1.73. The van der Waals surface area contributed by atoms with Crippen LogP contribution >= 0.6 is 11.8 Å². The summed E-state index contributed by atoms with van der Waals surface area (Å²) >= 11 is 1.56. The number of fused-ring (bicyclic) bond motifs is 1. The number of hydrogen-bond donors (Lipinski definition) is 1. The Morgan fingerprint density at radius 2 is 1.82 bits per heavy atom. The van der Waals surface area contributed by atoms with E-state index in [0.717, 1.165) is 27.2 Å². The number of sulfone groups is 1. The van der Waals surface area contributed by atoms with Crippen LogP contribution in [-0.2, 0) is 26.0 Å². The molecular formula is C29H28N2O6S2. The lowest BCUT2D eigenvalue weighted by atomic mass is 10.2. The van der Waals surface area contributed by atoms with Gasteiger partial charge in [0.15, 0.2) is 9.84 Å². The number of carbonyl (C=O) groups excluding carboxylic acids is 1. The number of carbonyl (C=O) groups is 1. The Morgan fingerprint density at radius 3 is 2.54 bits per heavy atom. The van der Waals surface area contributed by atoms with E-state index in [-0.39, 0.29) is 16.1 Å². The molecule has 1 unspecified atom stereocenters. The number of ether oxygens (including phenoxy) is 3. The van der Waals surface area contributed by atoms with Crippen LogP contribution in [0.5, 0.6) is 17.2 Å². The van der Waals surface area contributed by atoms with Gasteiger partial charge in [-0.1, -0.05) is 42.1 Å². The van der Waals surface area contributed by atoms with E-state index in [1.54, 1.807) is 30.8 Å². The van der Waals surface area contributed by atoms with Gasteiger partial charge in [0.05, 0.1) is 35.7 Å². The Bertz CT molecular complexity index is 1610. The highest BCUT2D eigenvalue weighted by atomic mass is 32.2. The first kappa shape index (κ1) is 26.8. The zero-order valence-corrected chi connectivity index (χ0v) is 23.2. The van der Waals surface area contributed by atoms with E-state index in [4.69, 9.17) is 14.2 Å². The number of aliphatic imine (C=N–C) groups is 1. The van der Waals surface area contributed by atoms with Gasteiger partial charge in [-0.15, -0.1) is 0 Å². The fraction of sp³-hybridized carbons (Fsp3) is 0.241. The Labute approximate surface area is 231 Å². The molecule has 1 N–H and O–H groups in total. The van der Waals surface area contributed by atoms with Crippen molar-refractivity contribution >= 4 is 43.5 Å². The van der Waals surface area contributed by atoms with Crippen LogP contribution < -0.4 is 9.47 Å². The number of H-pyrrole nitrogens is 1. The van der Waals surface area contributed by atoms with Crippen molar-refractivity contribution in [3.05, 3.63) is 84.1 Å². The summed E-state index contributed by atoms with van der Waals surface area (Å²) in [6.07, 6.45) is 1.48. The zero-order valence-electron chi connectivity index (χ0n) is 21.5. The lowest BCUT2D eigenvalue weighted by Crippen LogP contribution is -2.14. The minimum absolute atomic E-state index is 0.0352. The van der Waals surface area contributed by atoms with Crippen LogP contribution in [0.25, 0.3) is 10.9 Å². The van der Waals surface area contributed by atoms with Crippen LogP contribution in [0.4, 0.5) is 0 Å². The fourth-order valence-electron chi connectivity index (χ4n) is 4.18. The molecule has 10 heteroatoms. The molecule has 0 radical (unpaired) electrons. The van der Waals surface area contributed by atoms with E-state index >= 15 is 0 Å². The first-order chi connectivity index (χ1) is 18.8. The van der Waals surface area contributed by atoms with Crippen LogP contribution in [0, 0.1) is 0 Å². The molecule has 0 spiro atoms. The number of esters is 1.